The Balaban J connectivity index is 1.55. The monoisotopic (exact) mass is 344 g/mol. The van der Waals surface area contributed by atoms with Crippen LogP contribution in [0.4, 0.5) is 15.6 Å². The second kappa shape index (κ2) is 7.92. The molecule has 0 saturated heterocycles. The normalized spacial score (nSPS) is 14.0. The van der Waals surface area contributed by atoms with Crippen molar-refractivity contribution in [2.75, 3.05) is 17.7 Å². The Kier molecular flexibility index (Phi) is 5.43. The fourth-order valence-electron chi connectivity index (χ4n) is 2.60. The summed E-state index contributed by atoms with van der Waals surface area (Å²) in [6.07, 6.45) is 7.95. The molecule has 0 aliphatic heterocycles. The SMILES string of the molecule is COc1cccc(NC(=O)Nc2nnc(CC3=CCCCC3)s2)c1. The van der Waals surface area contributed by atoms with Crippen molar-refractivity contribution in [2.24, 2.45) is 0 Å². The minimum absolute atomic E-state index is 0.345. The van der Waals surface area contributed by atoms with Crippen molar-refractivity contribution in [1.29, 1.82) is 0 Å². The van der Waals surface area contributed by atoms with Gasteiger partial charge in [0.05, 0.1) is 7.11 Å². The van der Waals surface area contributed by atoms with E-state index in [1.807, 2.05) is 12.1 Å². The number of hydrogen-bond donors (Lipinski definition) is 2. The molecule has 1 heterocycles. The van der Waals surface area contributed by atoms with Crippen LogP contribution in [0.25, 0.3) is 0 Å². The van der Waals surface area contributed by atoms with Crippen molar-refractivity contribution in [1.82, 2.24) is 10.2 Å². The predicted molar refractivity (Wildman–Crippen MR) is 95.8 cm³/mol. The Bertz CT molecular complexity index is 742. The van der Waals surface area contributed by atoms with E-state index in [2.05, 4.69) is 26.9 Å². The molecule has 7 heteroatoms. The first-order valence-electron chi connectivity index (χ1n) is 7.95. The van der Waals surface area contributed by atoms with E-state index in [0.717, 1.165) is 24.3 Å². The number of amides is 2. The summed E-state index contributed by atoms with van der Waals surface area (Å²) < 4.78 is 5.13. The smallest absolute Gasteiger partial charge is 0.325 e. The number of methoxy groups -OCH3 is 1. The number of urea groups is 1. The van der Waals surface area contributed by atoms with Crippen LogP contribution in [0.3, 0.4) is 0 Å². The molecular weight excluding hydrogens is 324 g/mol. The van der Waals surface area contributed by atoms with Gasteiger partial charge < -0.3 is 10.1 Å². The van der Waals surface area contributed by atoms with Crippen molar-refractivity contribution in [3.05, 3.63) is 40.9 Å². The Morgan fingerprint density at radius 3 is 3.00 bits per heavy atom. The largest absolute Gasteiger partial charge is 0.497 e. The van der Waals surface area contributed by atoms with E-state index in [1.54, 1.807) is 19.2 Å². The summed E-state index contributed by atoms with van der Waals surface area (Å²) in [5.74, 6) is 0.687. The maximum absolute atomic E-state index is 12.0. The quantitative estimate of drug-likeness (QED) is 0.796. The number of nitrogens with one attached hydrogen (secondary N) is 2. The maximum atomic E-state index is 12.0. The second-order valence-electron chi connectivity index (χ2n) is 5.60. The third kappa shape index (κ3) is 4.55. The molecule has 2 amide bonds. The molecule has 0 spiro atoms. The van der Waals surface area contributed by atoms with Crippen molar-refractivity contribution in [3.8, 4) is 5.75 Å². The van der Waals surface area contributed by atoms with Crippen LogP contribution in [0.15, 0.2) is 35.9 Å². The minimum Gasteiger partial charge on any atom is -0.497 e. The van der Waals surface area contributed by atoms with Gasteiger partial charge in [-0.25, -0.2) is 4.79 Å². The van der Waals surface area contributed by atoms with Crippen molar-refractivity contribution in [3.63, 3.8) is 0 Å². The molecule has 1 aromatic carbocycles. The second-order valence-corrected chi connectivity index (χ2v) is 6.66. The number of nitrogens with zero attached hydrogens (tertiary/aromatic N) is 2. The predicted octanol–water partition coefficient (Wildman–Crippen LogP) is 4.23. The molecule has 24 heavy (non-hydrogen) atoms. The molecule has 2 N–H and O–H groups in total. The van der Waals surface area contributed by atoms with Crippen LogP contribution in [0.2, 0.25) is 0 Å². The molecule has 126 valence electrons. The Hall–Kier alpha value is -2.41. The number of anilines is 2. The third-order valence-electron chi connectivity index (χ3n) is 3.78. The number of rotatable bonds is 5. The average molecular weight is 344 g/mol. The highest BCUT2D eigenvalue weighted by Gasteiger charge is 2.11. The van der Waals surface area contributed by atoms with Crippen molar-refractivity contribution >= 4 is 28.2 Å². The fraction of sp³-hybridized carbons (Fsp3) is 0.353. The minimum atomic E-state index is -0.345. The summed E-state index contributed by atoms with van der Waals surface area (Å²) in [4.78, 5) is 12.0. The van der Waals surface area contributed by atoms with Gasteiger partial charge in [-0.1, -0.05) is 29.1 Å². The van der Waals surface area contributed by atoms with Gasteiger partial charge in [0.1, 0.15) is 10.8 Å². The Labute approximate surface area is 145 Å². The lowest BCUT2D eigenvalue weighted by Gasteiger charge is -2.10. The Morgan fingerprint density at radius 2 is 2.21 bits per heavy atom. The molecule has 0 radical (unpaired) electrons. The topological polar surface area (TPSA) is 76.1 Å². The van der Waals surface area contributed by atoms with Gasteiger partial charge in [0.25, 0.3) is 0 Å². The number of hydrogen-bond acceptors (Lipinski definition) is 5. The van der Waals surface area contributed by atoms with Crippen LogP contribution in [0.5, 0.6) is 5.75 Å². The molecule has 6 nitrogen and oxygen atoms in total. The van der Waals surface area contributed by atoms with Gasteiger partial charge in [0.2, 0.25) is 5.13 Å². The van der Waals surface area contributed by atoms with Crippen molar-refractivity contribution < 1.29 is 9.53 Å². The van der Waals surface area contributed by atoms with Crippen molar-refractivity contribution in [2.45, 2.75) is 32.1 Å². The average Bonchev–Trinajstić information content (AvgIpc) is 3.02. The summed E-state index contributed by atoms with van der Waals surface area (Å²) in [5.41, 5.74) is 2.08. The molecule has 1 aliphatic carbocycles. The molecule has 0 atom stereocenters. The van der Waals surface area contributed by atoms with E-state index in [9.17, 15) is 4.79 Å². The molecule has 0 saturated carbocycles. The van der Waals surface area contributed by atoms with Crippen LogP contribution < -0.4 is 15.4 Å². The van der Waals surface area contributed by atoms with Crippen LogP contribution in [0.1, 0.15) is 30.7 Å². The molecule has 0 fully saturated rings. The van der Waals surface area contributed by atoms with Gasteiger partial charge in [0.15, 0.2) is 0 Å². The van der Waals surface area contributed by atoms with E-state index in [1.165, 1.54) is 29.8 Å². The highest BCUT2D eigenvalue weighted by molar-refractivity contribution is 7.15. The summed E-state index contributed by atoms with van der Waals surface area (Å²) in [5, 5.41) is 15.1. The summed E-state index contributed by atoms with van der Waals surface area (Å²) in [7, 11) is 1.59. The number of carbonyl (C=O) groups excluding carboxylic acids is 1. The number of benzene rings is 1. The van der Waals surface area contributed by atoms with Gasteiger partial charge in [-0.15, -0.1) is 10.2 Å². The van der Waals surface area contributed by atoms with E-state index in [4.69, 9.17) is 4.74 Å². The number of allylic oxidation sites excluding steroid dienone is 2. The van der Waals surface area contributed by atoms with Gasteiger partial charge in [0, 0.05) is 18.2 Å². The standard InChI is InChI=1S/C17H20N4O2S/c1-23-14-9-5-8-13(11-14)18-16(22)19-17-21-20-15(24-17)10-12-6-3-2-4-7-12/h5-6,8-9,11H,2-4,7,10H2,1H3,(H2,18,19,21,22). The van der Waals surface area contributed by atoms with Gasteiger partial charge in [-0.05, 0) is 37.8 Å². The molecule has 0 bridgehead atoms. The summed E-state index contributed by atoms with van der Waals surface area (Å²) >= 11 is 1.41. The first kappa shape index (κ1) is 16.4. The lowest BCUT2D eigenvalue weighted by atomic mass is 9.98. The maximum Gasteiger partial charge on any atom is 0.325 e. The van der Waals surface area contributed by atoms with E-state index in [0.29, 0.717) is 16.6 Å². The van der Waals surface area contributed by atoms with Crippen LogP contribution in [-0.2, 0) is 6.42 Å². The summed E-state index contributed by atoms with van der Waals surface area (Å²) in [6, 6.07) is 6.84. The third-order valence-corrected chi connectivity index (χ3v) is 4.62. The number of aromatic nitrogens is 2. The molecular formula is C17H20N4O2S. The fourth-order valence-corrected chi connectivity index (χ4v) is 3.38. The van der Waals surface area contributed by atoms with Gasteiger partial charge in [-0.2, -0.15) is 0 Å². The van der Waals surface area contributed by atoms with Gasteiger partial charge >= 0.3 is 6.03 Å². The molecule has 0 unspecified atom stereocenters. The van der Waals surface area contributed by atoms with Crippen LogP contribution >= 0.6 is 11.3 Å². The number of ether oxygens (including phenoxy) is 1. The molecule has 1 aliphatic rings. The highest BCUT2D eigenvalue weighted by Crippen LogP contribution is 2.24. The lowest BCUT2D eigenvalue weighted by molar-refractivity contribution is 0.262. The molecule has 2 aromatic rings. The van der Waals surface area contributed by atoms with Crippen LogP contribution in [-0.4, -0.2) is 23.3 Å². The molecule has 3 rings (SSSR count). The zero-order valence-electron chi connectivity index (χ0n) is 13.5. The first-order chi connectivity index (χ1) is 11.7. The summed E-state index contributed by atoms with van der Waals surface area (Å²) in [6.45, 7) is 0. The Morgan fingerprint density at radius 1 is 1.29 bits per heavy atom. The van der Waals surface area contributed by atoms with Crippen LogP contribution in [0, 0.1) is 0 Å². The zero-order chi connectivity index (χ0) is 16.8. The lowest BCUT2D eigenvalue weighted by Crippen LogP contribution is -2.19. The van der Waals surface area contributed by atoms with E-state index >= 15 is 0 Å². The van der Waals surface area contributed by atoms with E-state index < -0.39 is 0 Å². The zero-order valence-corrected chi connectivity index (χ0v) is 14.4. The van der Waals surface area contributed by atoms with E-state index in [-0.39, 0.29) is 6.03 Å². The first-order valence-corrected chi connectivity index (χ1v) is 8.77. The number of carbonyl (C=O) groups is 1. The van der Waals surface area contributed by atoms with Gasteiger partial charge in [-0.3, -0.25) is 5.32 Å². The highest BCUT2D eigenvalue weighted by atomic mass is 32.1. The molecule has 1 aromatic heterocycles.